The standard InChI is InChI=1S/C17H25N3O4/c1-19-13(6-9-18-19)2-5-16(21)20-10-7-12(8-11-20)14-3-4-15(24-14)17(22)23/h6,9,12,14-15H,2-5,7-8,10-11H2,1H3,(H,22,23)/t14-,15+/m0/s1. The fourth-order valence-electron chi connectivity index (χ4n) is 3.75. The number of aromatic nitrogens is 2. The van der Waals surface area contributed by atoms with Gasteiger partial charge in [-0.25, -0.2) is 4.79 Å². The van der Waals surface area contributed by atoms with Crippen LogP contribution in [0.1, 0.15) is 37.8 Å². The summed E-state index contributed by atoms with van der Waals surface area (Å²) in [4.78, 5) is 25.3. The van der Waals surface area contributed by atoms with Gasteiger partial charge < -0.3 is 14.7 Å². The van der Waals surface area contributed by atoms with E-state index < -0.39 is 12.1 Å². The minimum absolute atomic E-state index is 0.0396. The molecule has 1 N–H and O–H groups in total. The molecule has 2 atom stereocenters. The van der Waals surface area contributed by atoms with E-state index in [4.69, 9.17) is 9.84 Å². The summed E-state index contributed by atoms with van der Waals surface area (Å²) >= 11 is 0. The molecule has 0 bridgehead atoms. The number of aliphatic carboxylic acids is 1. The van der Waals surface area contributed by atoms with Gasteiger partial charge in [0, 0.05) is 38.4 Å². The Kier molecular flexibility index (Phi) is 5.18. The molecule has 2 fully saturated rings. The van der Waals surface area contributed by atoms with Gasteiger partial charge >= 0.3 is 5.97 Å². The van der Waals surface area contributed by atoms with Crippen LogP contribution in [0.3, 0.4) is 0 Å². The summed E-state index contributed by atoms with van der Waals surface area (Å²) in [6, 6.07) is 1.94. The first kappa shape index (κ1) is 17.0. The number of carboxylic acid groups (broad SMARTS) is 1. The lowest BCUT2D eigenvalue weighted by molar-refractivity contribution is -0.151. The van der Waals surface area contributed by atoms with Gasteiger partial charge in [0.25, 0.3) is 0 Å². The average molecular weight is 335 g/mol. The highest BCUT2D eigenvalue weighted by molar-refractivity contribution is 5.76. The molecule has 1 aromatic rings. The Morgan fingerprint density at radius 2 is 2.04 bits per heavy atom. The van der Waals surface area contributed by atoms with Crippen molar-refractivity contribution in [3.63, 3.8) is 0 Å². The van der Waals surface area contributed by atoms with Crippen LogP contribution in [0.5, 0.6) is 0 Å². The van der Waals surface area contributed by atoms with Gasteiger partial charge in [0.2, 0.25) is 5.91 Å². The van der Waals surface area contributed by atoms with Crippen molar-refractivity contribution in [2.45, 2.75) is 50.7 Å². The fraction of sp³-hybridized carbons (Fsp3) is 0.706. The number of amides is 1. The Balaban J connectivity index is 1.42. The molecule has 132 valence electrons. The number of aryl methyl sites for hydroxylation is 2. The predicted octanol–water partition coefficient (Wildman–Crippen LogP) is 1.22. The lowest BCUT2D eigenvalue weighted by Gasteiger charge is -2.34. The maximum Gasteiger partial charge on any atom is 0.332 e. The van der Waals surface area contributed by atoms with Gasteiger partial charge in [-0.15, -0.1) is 0 Å². The quantitative estimate of drug-likeness (QED) is 0.875. The van der Waals surface area contributed by atoms with Crippen molar-refractivity contribution in [1.82, 2.24) is 14.7 Å². The highest BCUT2D eigenvalue weighted by atomic mass is 16.5. The second-order valence-corrected chi connectivity index (χ2v) is 6.74. The van der Waals surface area contributed by atoms with Crippen molar-refractivity contribution in [2.24, 2.45) is 13.0 Å². The Morgan fingerprint density at radius 1 is 1.29 bits per heavy atom. The van der Waals surface area contributed by atoms with Crippen LogP contribution in [0.4, 0.5) is 0 Å². The number of hydrogen-bond donors (Lipinski definition) is 1. The monoisotopic (exact) mass is 335 g/mol. The zero-order chi connectivity index (χ0) is 17.1. The van der Waals surface area contributed by atoms with Crippen molar-refractivity contribution in [3.05, 3.63) is 18.0 Å². The van der Waals surface area contributed by atoms with E-state index in [1.165, 1.54) is 0 Å². The molecule has 2 saturated heterocycles. The van der Waals surface area contributed by atoms with E-state index in [0.29, 0.717) is 25.2 Å². The van der Waals surface area contributed by atoms with Crippen LogP contribution in [-0.2, 0) is 27.8 Å². The lowest BCUT2D eigenvalue weighted by Crippen LogP contribution is -2.41. The Labute approximate surface area is 141 Å². The molecule has 3 rings (SSSR count). The van der Waals surface area contributed by atoms with Crippen LogP contribution >= 0.6 is 0 Å². The summed E-state index contributed by atoms with van der Waals surface area (Å²) in [5, 5.41) is 13.1. The minimum Gasteiger partial charge on any atom is -0.479 e. The third kappa shape index (κ3) is 3.77. The van der Waals surface area contributed by atoms with Gasteiger partial charge in [0.15, 0.2) is 6.10 Å². The van der Waals surface area contributed by atoms with E-state index in [9.17, 15) is 9.59 Å². The smallest absolute Gasteiger partial charge is 0.332 e. The van der Waals surface area contributed by atoms with Gasteiger partial charge in [-0.05, 0) is 44.1 Å². The normalized spacial score (nSPS) is 25.1. The SMILES string of the molecule is Cn1nccc1CCC(=O)N1CCC([C@@H]2CC[C@H](C(=O)O)O2)CC1. The molecule has 0 aromatic carbocycles. The molecule has 0 saturated carbocycles. The third-order valence-electron chi connectivity index (χ3n) is 5.26. The van der Waals surface area contributed by atoms with Gasteiger partial charge in [-0.3, -0.25) is 9.48 Å². The van der Waals surface area contributed by atoms with E-state index in [1.807, 2.05) is 18.0 Å². The zero-order valence-corrected chi connectivity index (χ0v) is 14.1. The molecule has 24 heavy (non-hydrogen) atoms. The van der Waals surface area contributed by atoms with Crippen molar-refractivity contribution in [1.29, 1.82) is 0 Å². The third-order valence-corrected chi connectivity index (χ3v) is 5.26. The first-order valence-corrected chi connectivity index (χ1v) is 8.67. The molecule has 1 aromatic heterocycles. The number of nitrogens with zero attached hydrogens (tertiary/aromatic N) is 3. The summed E-state index contributed by atoms with van der Waals surface area (Å²) in [6.45, 7) is 1.49. The van der Waals surface area contributed by atoms with E-state index in [0.717, 1.165) is 38.0 Å². The second-order valence-electron chi connectivity index (χ2n) is 6.74. The van der Waals surface area contributed by atoms with Crippen LogP contribution in [0.2, 0.25) is 0 Å². The molecule has 0 spiro atoms. The van der Waals surface area contributed by atoms with Gasteiger partial charge in [0.05, 0.1) is 6.10 Å². The maximum atomic E-state index is 12.4. The number of carbonyl (C=O) groups excluding carboxylic acids is 1. The van der Waals surface area contributed by atoms with E-state index >= 15 is 0 Å². The Morgan fingerprint density at radius 3 is 2.62 bits per heavy atom. The molecule has 7 nitrogen and oxygen atoms in total. The van der Waals surface area contributed by atoms with Gasteiger partial charge in [0.1, 0.15) is 0 Å². The van der Waals surface area contributed by atoms with Crippen molar-refractivity contribution >= 4 is 11.9 Å². The van der Waals surface area contributed by atoms with Crippen LogP contribution in [-0.4, -0.2) is 57.0 Å². The highest BCUT2D eigenvalue weighted by Crippen LogP contribution is 2.32. The lowest BCUT2D eigenvalue weighted by atomic mass is 9.89. The van der Waals surface area contributed by atoms with E-state index in [1.54, 1.807) is 10.9 Å². The number of hydrogen-bond acceptors (Lipinski definition) is 4. The topological polar surface area (TPSA) is 84.7 Å². The first-order chi connectivity index (χ1) is 11.5. The molecule has 3 heterocycles. The van der Waals surface area contributed by atoms with Crippen LogP contribution in [0, 0.1) is 5.92 Å². The predicted molar refractivity (Wildman–Crippen MR) is 86.4 cm³/mol. The summed E-state index contributed by atoms with van der Waals surface area (Å²) in [5.41, 5.74) is 1.07. The zero-order valence-electron chi connectivity index (χ0n) is 14.1. The van der Waals surface area contributed by atoms with E-state index in [-0.39, 0.29) is 12.0 Å². The number of carbonyl (C=O) groups is 2. The van der Waals surface area contributed by atoms with Gasteiger partial charge in [-0.2, -0.15) is 5.10 Å². The molecular weight excluding hydrogens is 310 g/mol. The molecular formula is C17H25N3O4. The largest absolute Gasteiger partial charge is 0.479 e. The summed E-state index contributed by atoms with van der Waals surface area (Å²) in [7, 11) is 1.89. The molecule has 0 unspecified atom stereocenters. The first-order valence-electron chi connectivity index (χ1n) is 8.67. The second kappa shape index (κ2) is 7.34. The number of carboxylic acids is 1. The summed E-state index contributed by atoms with van der Waals surface area (Å²) in [5.74, 6) is -0.304. The van der Waals surface area contributed by atoms with Crippen molar-refractivity contribution < 1.29 is 19.4 Å². The number of rotatable bonds is 5. The molecule has 2 aliphatic rings. The number of ether oxygens (including phenoxy) is 1. The molecule has 2 aliphatic heterocycles. The van der Waals surface area contributed by atoms with Crippen LogP contribution in [0.25, 0.3) is 0 Å². The highest BCUT2D eigenvalue weighted by Gasteiger charge is 2.37. The summed E-state index contributed by atoms with van der Waals surface area (Å²) in [6.07, 6.45) is 5.57. The van der Waals surface area contributed by atoms with Crippen molar-refractivity contribution in [2.75, 3.05) is 13.1 Å². The van der Waals surface area contributed by atoms with Crippen molar-refractivity contribution in [3.8, 4) is 0 Å². The van der Waals surface area contributed by atoms with Crippen LogP contribution < -0.4 is 0 Å². The molecule has 7 heteroatoms. The summed E-state index contributed by atoms with van der Waals surface area (Å²) < 4.78 is 7.46. The average Bonchev–Trinajstić information content (AvgIpc) is 3.22. The van der Waals surface area contributed by atoms with E-state index in [2.05, 4.69) is 5.10 Å². The van der Waals surface area contributed by atoms with Gasteiger partial charge in [-0.1, -0.05) is 0 Å². The molecule has 0 aliphatic carbocycles. The Hall–Kier alpha value is -1.89. The molecule has 1 amide bonds. The minimum atomic E-state index is -0.861. The fourth-order valence-corrected chi connectivity index (χ4v) is 3.75. The Bertz CT molecular complexity index is 592. The maximum absolute atomic E-state index is 12.4. The number of piperidine rings is 1. The molecule has 0 radical (unpaired) electrons. The van der Waals surface area contributed by atoms with Crippen LogP contribution in [0.15, 0.2) is 12.3 Å². The number of likely N-dealkylation sites (tertiary alicyclic amines) is 1.